The van der Waals surface area contributed by atoms with Crippen LogP contribution in [0, 0.1) is 0 Å². The molecule has 1 N–H and O–H groups in total. The van der Waals surface area contributed by atoms with Crippen molar-refractivity contribution in [2.45, 2.75) is 134 Å². The predicted octanol–water partition coefficient (Wildman–Crippen LogP) is 2.94. The molecule has 27 heavy (non-hydrogen) atoms. The van der Waals surface area contributed by atoms with Crippen LogP contribution in [0.2, 0.25) is 0 Å². The molecule has 0 rings (SSSR count). The van der Waals surface area contributed by atoms with Crippen molar-refractivity contribution in [2.24, 2.45) is 0 Å². The van der Waals surface area contributed by atoms with E-state index in [-0.39, 0.29) is 35.7 Å². The van der Waals surface area contributed by atoms with Crippen LogP contribution in [-0.2, 0) is 10.1 Å². The van der Waals surface area contributed by atoms with Crippen LogP contribution in [0.5, 0.6) is 0 Å². The van der Waals surface area contributed by atoms with Crippen LogP contribution in [0.1, 0.15) is 123 Å². The number of hydrogen-bond donors (Lipinski definition) is 1. The molecule has 0 bridgehead atoms. The Kier molecular flexibility index (Phi) is 22.4. The molecule has 2 atom stereocenters. The molecule has 0 aliphatic carbocycles. The molecule has 6 heteroatoms. The largest absolute Gasteiger partial charge is 1.00 e. The van der Waals surface area contributed by atoms with E-state index in [1.54, 1.807) is 6.92 Å². The van der Waals surface area contributed by atoms with E-state index >= 15 is 0 Å². The molecule has 0 saturated heterocycles. The van der Waals surface area contributed by atoms with Gasteiger partial charge in [-0.15, -0.1) is 0 Å². The molecule has 0 fully saturated rings. The van der Waals surface area contributed by atoms with Gasteiger partial charge in [-0.3, -0.25) is 0 Å². The first-order valence-electron chi connectivity index (χ1n) is 11.0. The Labute approximate surface area is 191 Å². The molecular formula is C21H43NaO4S. The minimum atomic E-state index is -4.13. The first-order valence-corrected chi connectivity index (χ1v) is 12.5. The van der Waals surface area contributed by atoms with Gasteiger partial charge in [-0.1, -0.05) is 97.3 Å². The second-order valence-electron chi connectivity index (χ2n) is 7.79. The van der Waals surface area contributed by atoms with Gasteiger partial charge in [0.2, 0.25) is 0 Å². The summed E-state index contributed by atoms with van der Waals surface area (Å²) < 4.78 is 33.0. The summed E-state index contributed by atoms with van der Waals surface area (Å²) in [6.45, 7) is 4.00. The van der Waals surface area contributed by atoms with Crippen LogP contribution in [0.3, 0.4) is 0 Å². The van der Waals surface area contributed by atoms with Gasteiger partial charge in [0.05, 0.1) is 16.2 Å². The normalized spacial score (nSPS) is 13.9. The summed E-state index contributed by atoms with van der Waals surface area (Å²) in [7, 11) is -4.13. The molecule has 4 nitrogen and oxygen atoms in total. The standard InChI is InChI=1S/C21H44O4S.Na/c1-3-5-6-7-8-9-10-11-14-17-20(22)18-15-12-13-16-19-21(4-2)26(23,24)25;/h20-22H,3-19H2,1-2H3,(H,23,24,25);/q;+1/p-1. The molecule has 0 heterocycles. The molecule has 0 amide bonds. The van der Waals surface area contributed by atoms with Crippen molar-refractivity contribution in [2.75, 3.05) is 0 Å². The third-order valence-corrected chi connectivity index (χ3v) is 6.70. The summed E-state index contributed by atoms with van der Waals surface area (Å²) in [5, 5.41) is 9.30. The van der Waals surface area contributed by atoms with Crippen molar-refractivity contribution in [1.29, 1.82) is 0 Å². The van der Waals surface area contributed by atoms with E-state index in [0.717, 1.165) is 44.9 Å². The van der Waals surface area contributed by atoms with Gasteiger partial charge in [-0.2, -0.15) is 0 Å². The third-order valence-electron chi connectivity index (χ3n) is 5.32. The van der Waals surface area contributed by atoms with Crippen LogP contribution in [-0.4, -0.2) is 29.4 Å². The van der Waals surface area contributed by atoms with Gasteiger partial charge in [0, 0.05) is 5.25 Å². The molecule has 0 saturated carbocycles. The molecule has 0 radical (unpaired) electrons. The minimum absolute atomic E-state index is 0. The zero-order chi connectivity index (χ0) is 19.7. The van der Waals surface area contributed by atoms with Gasteiger partial charge in [0.25, 0.3) is 0 Å². The molecule has 0 aliphatic heterocycles. The Balaban J connectivity index is 0. The summed E-state index contributed by atoms with van der Waals surface area (Å²) in [6.07, 6.45) is 17.9. The van der Waals surface area contributed by atoms with Crippen LogP contribution >= 0.6 is 0 Å². The Morgan fingerprint density at radius 2 is 1.07 bits per heavy atom. The van der Waals surface area contributed by atoms with Crippen molar-refractivity contribution in [3.63, 3.8) is 0 Å². The molecule has 0 aromatic heterocycles. The van der Waals surface area contributed by atoms with E-state index in [9.17, 15) is 18.1 Å². The summed E-state index contributed by atoms with van der Waals surface area (Å²) in [5.41, 5.74) is 0. The van der Waals surface area contributed by atoms with Crippen molar-refractivity contribution in [3.8, 4) is 0 Å². The summed E-state index contributed by atoms with van der Waals surface area (Å²) >= 11 is 0. The van der Waals surface area contributed by atoms with E-state index in [1.807, 2.05) is 0 Å². The maximum atomic E-state index is 11.0. The summed E-state index contributed by atoms with van der Waals surface area (Å²) in [5.74, 6) is 0. The van der Waals surface area contributed by atoms with E-state index in [4.69, 9.17) is 0 Å². The number of aliphatic hydroxyl groups excluding tert-OH is 1. The molecule has 2 unspecified atom stereocenters. The van der Waals surface area contributed by atoms with Crippen LogP contribution in [0.15, 0.2) is 0 Å². The third kappa shape index (κ3) is 19.9. The topological polar surface area (TPSA) is 77.4 Å². The van der Waals surface area contributed by atoms with Crippen molar-refractivity contribution in [3.05, 3.63) is 0 Å². The Morgan fingerprint density at radius 3 is 1.44 bits per heavy atom. The van der Waals surface area contributed by atoms with Gasteiger partial charge >= 0.3 is 29.6 Å². The molecule has 158 valence electrons. The molecule has 0 aromatic rings. The Bertz CT molecular complexity index is 401. The average Bonchev–Trinajstić information content (AvgIpc) is 2.58. The first-order chi connectivity index (χ1) is 12.4. The number of hydrogen-bond acceptors (Lipinski definition) is 4. The van der Waals surface area contributed by atoms with Crippen molar-refractivity contribution >= 4 is 10.1 Å². The molecular weight excluding hydrogens is 371 g/mol. The van der Waals surface area contributed by atoms with Crippen molar-refractivity contribution < 1.29 is 47.6 Å². The summed E-state index contributed by atoms with van der Waals surface area (Å²) in [4.78, 5) is 0. The monoisotopic (exact) mass is 414 g/mol. The Morgan fingerprint density at radius 1 is 0.704 bits per heavy atom. The summed E-state index contributed by atoms with van der Waals surface area (Å²) in [6, 6.07) is 0. The van der Waals surface area contributed by atoms with Gasteiger partial charge in [-0.25, -0.2) is 8.42 Å². The van der Waals surface area contributed by atoms with Crippen LogP contribution < -0.4 is 29.6 Å². The SMILES string of the molecule is CCCCCCCCCCCC(O)CCCCCCC(CC)S(=O)(=O)[O-].[Na+]. The van der Waals surface area contributed by atoms with E-state index in [1.165, 1.54) is 51.4 Å². The van der Waals surface area contributed by atoms with Crippen molar-refractivity contribution in [1.82, 2.24) is 0 Å². The fourth-order valence-electron chi connectivity index (χ4n) is 3.49. The average molecular weight is 415 g/mol. The quantitative estimate of drug-likeness (QED) is 0.200. The predicted molar refractivity (Wildman–Crippen MR) is 109 cm³/mol. The smallest absolute Gasteiger partial charge is 0.748 e. The van der Waals surface area contributed by atoms with Gasteiger partial charge < -0.3 is 9.66 Å². The molecule has 0 aliphatic rings. The first kappa shape index (κ1) is 30.1. The second kappa shape index (κ2) is 20.2. The van der Waals surface area contributed by atoms with E-state index < -0.39 is 15.4 Å². The number of aliphatic hydroxyl groups is 1. The molecule has 0 spiro atoms. The van der Waals surface area contributed by atoms with Crippen LogP contribution in [0.4, 0.5) is 0 Å². The van der Waals surface area contributed by atoms with Crippen LogP contribution in [0.25, 0.3) is 0 Å². The fourth-order valence-corrected chi connectivity index (χ4v) is 4.36. The van der Waals surface area contributed by atoms with Gasteiger partial charge in [0.15, 0.2) is 0 Å². The maximum Gasteiger partial charge on any atom is 1.00 e. The second-order valence-corrected chi connectivity index (χ2v) is 9.44. The fraction of sp³-hybridized carbons (Fsp3) is 1.00. The zero-order valence-electron chi connectivity index (χ0n) is 18.3. The molecule has 0 aromatic carbocycles. The Hall–Kier alpha value is 0.870. The van der Waals surface area contributed by atoms with Gasteiger partial charge in [-0.05, 0) is 25.7 Å². The maximum absolute atomic E-state index is 11.0. The minimum Gasteiger partial charge on any atom is -0.748 e. The zero-order valence-corrected chi connectivity index (χ0v) is 21.1. The number of rotatable bonds is 19. The van der Waals surface area contributed by atoms with E-state index in [2.05, 4.69) is 6.92 Å². The van der Waals surface area contributed by atoms with Gasteiger partial charge in [0.1, 0.15) is 0 Å². The number of unbranched alkanes of at least 4 members (excludes halogenated alkanes) is 11. The van der Waals surface area contributed by atoms with E-state index in [0.29, 0.717) is 12.8 Å².